The fourth-order valence-corrected chi connectivity index (χ4v) is 3.25. The summed E-state index contributed by atoms with van der Waals surface area (Å²) in [7, 11) is 0. The van der Waals surface area contributed by atoms with E-state index in [-0.39, 0.29) is 17.7 Å². The van der Waals surface area contributed by atoms with Crippen LogP contribution in [0.5, 0.6) is 0 Å². The number of nitrogens with zero attached hydrogens (tertiary/aromatic N) is 2. The van der Waals surface area contributed by atoms with Crippen molar-refractivity contribution in [2.75, 3.05) is 36.4 Å². The molecule has 0 spiro atoms. The second-order valence-corrected chi connectivity index (χ2v) is 7.55. The van der Waals surface area contributed by atoms with E-state index >= 15 is 0 Å². The zero-order valence-electron chi connectivity index (χ0n) is 16.9. The number of halogens is 3. The first-order valence-corrected chi connectivity index (χ1v) is 9.77. The van der Waals surface area contributed by atoms with Crippen LogP contribution in [0, 0.1) is 5.92 Å². The van der Waals surface area contributed by atoms with Gasteiger partial charge >= 0.3 is 6.18 Å². The second kappa shape index (κ2) is 8.77. The predicted octanol–water partition coefficient (Wildman–Crippen LogP) is 4.26. The highest BCUT2D eigenvalue weighted by molar-refractivity contribution is 5.97. The minimum atomic E-state index is -4.39. The zero-order valence-corrected chi connectivity index (χ0v) is 16.9. The van der Waals surface area contributed by atoms with Crippen LogP contribution < -0.4 is 10.2 Å². The molecule has 1 fully saturated rings. The van der Waals surface area contributed by atoms with Crippen LogP contribution in [-0.4, -0.2) is 42.9 Å². The molecule has 2 aromatic carbocycles. The van der Waals surface area contributed by atoms with E-state index in [0.717, 1.165) is 12.1 Å². The third-order valence-corrected chi connectivity index (χ3v) is 5.01. The number of benzene rings is 2. The SMILES string of the molecule is CC(C)C(=O)Nc1cccc(C(=O)N2CCN(c3cccc(C(F)(F)F)c3)CC2)c1. The Morgan fingerprint density at radius 3 is 2.27 bits per heavy atom. The van der Waals surface area contributed by atoms with Crippen molar-refractivity contribution in [3.63, 3.8) is 0 Å². The summed E-state index contributed by atoms with van der Waals surface area (Å²) in [5.41, 5.74) is 0.834. The Morgan fingerprint density at radius 1 is 0.967 bits per heavy atom. The smallest absolute Gasteiger partial charge is 0.368 e. The average Bonchev–Trinajstić information content (AvgIpc) is 2.73. The summed E-state index contributed by atoms with van der Waals surface area (Å²) in [5, 5.41) is 2.78. The number of hydrogen-bond acceptors (Lipinski definition) is 3. The summed E-state index contributed by atoms with van der Waals surface area (Å²) in [6, 6.07) is 12.0. The standard InChI is InChI=1S/C22H24F3N3O2/c1-15(2)20(29)26-18-7-3-5-16(13-18)21(30)28-11-9-27(10-12-28)19-8-4-6-17(14-19)22(23,24)25/h3-8,13-15H,9-12H2,1-2H3,(H,26,29). The third kappa shape index (κ3) is 5.11. The maximum Gasteiger partial charge on any atom is 0.416 e. The number of anilines is 2. The van der Waals surface area contributed by atoms with Crippen LogP contribution in [0.25, 0.3) is 0 Å². The van der Waals surface area contributed by atoms with E-state index in [4.69, 9.17) is 0 Å². The summed E-state index contributed by atoms with van der Waals surface area (Å²) in [4.78, 5) is 28.2. The molecule has 1 heterocycles. The molecule has 160 valence electrons. The highest BCUT2D eigenvalue weighted by Gasteiger charge is 2.31. The van der Waals surface area contributed by atoms with Gasteiger partial charge < -0.3 is 15.1 Å². The Hall–Kier alpha value is -3.03. The number of carbonyl (C=O) groups excluding carboxylic acids is 2. The molecule has 1 aliphatic heterocycles. The summed E-state index contributed by atoms with van der Waals surface area (Å²) >= 11 is 0. The van der Waals surface area contributed by atoms with Gasteiger partial charge in [-0.15, -0.1) is 0 Å². The monoisotopic (exact) mass is 419 g/mol. The molecule has 0 aliphatic carbocycles. The van der Waals surface area contributed by atoms with Gasteiger partial charge in [0.15, 0.2) is 0 Å². The van der Waals surface area contributed by atoms with Crippen molar-refractivity contribution in [2.24, 2.45) is 5.92 Å². The summed E-state index contributed by atoms with van der Waals surface area (Å²) < 4.78 is 38.8. The molecule has 8 heteroatoms. The van der Waals surface area contributed by atoms with Crippen molar-refractivity contribution < 1.29 is 22.8 Å². The Balaban J connectivity index is 1.64. The van der Waals surface area contributed by atoms with Gasteiger partial charge in [0.1, 0.15) is 0 Å². The minimum Gasteiger partial charge on any atom is -0.368 e. The number of rotatable bonds is 4. The highest BCUT2D eigenvalue weighted by Crippen LogP contribution is 2.32. The van der Waals surface area contributed by atoms with Gasteiger partial charge in [-0.25, -0.2) is 0 Å². The van der Waals surface area contributed by atoms with Crippen LogP contribution in [-0.2, 0) is 11.0 Å². The molecule has 0 unspecified atom stereocenters. The van der Waals surface area contributed by atoms with Crippen LogP contribution in [0.15, 0.2) is 48.5 Å². The number of piperazine rings is 1. The normalized spacial score (nSPS) is 14.7. The van der Waals surface area contributed by atoms with Gasteiger partial charge in [-0.05, 0) is 36.4 Å². The molecule has 0 aromatic heterocycles. The summed E-state index contributed by atoms with van der Waals surface area (Å²) in [5.74, 6) is -0.470. The number of alkyl halides is 3. The summed E-state index contributed by atoms with van der Waals surface area (Å²) in [6.45, 7) is 5.26. The first-order chi connectivity index (χ1) is 14.1. The second-order valence-electron chi connectivity index (χ2n) is 7.55. The van der Waals surface area contributed by atoms with Gasteiger partial charge in [-0.3, -0.25) is 9.59 Å². The molecule has 2 aromatic rings. The minimum absolute atomic E-state index is 0.130. The molecule has 3 rings (SSSR count). The largest absolute Gasteiger partial charge is 0.416 e. The van der Waals surface area contributed by atoms with Gasteiger partial charge in [0.25, 0.3) is 5.91 Å². The van der Waals surface area contributed by atoms with Crippen molar-refractivity contribution in [1.82, 2.24) is 4.90 Å². The molecule has 0 saturated carbocycles. The van der Waals surface area contributed by atoms with Crippen molar-refractivity contribution >= 4 is 23.2 Å². The molecule has 0 bridgehead atoms. The number of hydrogen-bond donors (Lipinski definition) is 1. The van der Waals surface area contributed by atoms with E-state index in [2.05, 4.69) is 5.32 Å². The van der Waals surface area contributed by atoms with Crippen LogP contribution in [0.3, 0.4) is 0 Å². The van der Waals surface area contributed by atoms with Crippen molar-refractivity contribution in [1.29, 1.82) is 0 Å². The highest BCUT2D eigenvalue weighted by atomic mass is 19.4. The van der Waals surface area contributed by atoms with Crippen molar-refractivity contribution in [3.05, 3.63) is 59.7 Å². The summed E-state index contributed by atoms with van der Waals surface area (Å²) in [6.07, 6.45) is -4.39. The molecule has 5 nitrogen and oxygen atoms in total. The molecule has 2 amide bonds. The molecule has 1 N–H and O–H groups in total. The molecule has 1 saturated heterocycles. The van der Waals surface area contributed by atoms with E-state index in [1.54, 1.807) is 49.1 Å². The topological polar surface area (TPSA) is 52.7 Å². The lowest BCUT2D eigenvalue weighted by atomic mass is 10.1. The van der Waals surface area contributed by atoms with Gasteiger partial charge in [0.2, 0.25) is 5.91 Å². The van der Waals surface area contributed by atoms with E-state index in [9.17, 15) is 22.8 Å². The lowest BCUT2D eigenvalue weighted by Gasteiger charge is -2.36. The van der Waals surface area contributed by atoms with Gasteiger partial charge in [-0.1, -0.05) is 26.0 Å². The van der Waals surface area contributed by atoms with Crippen molar-refractivity contribution in [2.45, 2.75) is 20.0 Å². The van der Waals surface area contributed by atoms with E-state index in [1.807, 2.05) is 4.90 Å². The van der Waals surface area contributed by atoms with Gasteiger partial charge in [0, 0.05) is 49.0 Å². The molecule has 1 aliphatic rings. The van der Waals surface area contributed by atoms with Gasteiger partial charge in [0.05, 0.1) is 5.56 Å². The number of carbonyl (C=O) groups is 2. The number of amides is 2. The van der Waals surface area contributed by atoms with E-state index in [0.29, 0.717) is 43.1 Å². The predicted molar refractivity (Wildman–Crippen MR) is 109 cm³/mol. The Bertz CT molecular complexity index is 920. The lowest BCUT2D eigenvalue weighted by molar-refractivity contribution is -0.137. The quantitative estimate of drug-likeness (QED) is 0.806. The molecule has 30 heavy (non-hydrogen) atoms. The molecular weight excluding hydrogens is 395 g/mol. The molecular formula is C22H24F3N3O2. The Morgan fingerprint density at radius 2 is 1.63 bits per heavy atom. The van der Waals surface area contributed by atoms with Crippen molar-refractivity contribution in [3.8, 4) is 0 Å². The lowest BCUT2D eigenvalue weighted by Crippen LogP contribution is -2.48. The van der Waals surface area contributed by atoms with Crippen LogP contribution in [0.1, 0.15) is 29.8 Å². The molecule has 0 radical (unpaired) electrons. The van der Waals surface area contributed by atoms with E-state index in [1.165, 1.54) is 6.07 Å². The fourth-order valence-electron chi connectivity index (χ4n) is 3.25. The maximum absolute atomic E-state index is 12.9. The maximum atomic E-state index is 12.9. The first-order valence-electron chi connectivity index (χ1n) is 9.77. The van der Waals surface area contributed by atoms with Crippen LogP contribution in [0.2, 0.25) is 0 Å². The zero-order chi connectivity index (χ0) is 21.9. The van der Waals surface area contributed by atoms with Gasteiger partial charge in [-0.2, -0.15) is 13.2 Å². The van der Waals surface area contributed by atoms with Crippen LogP contribution in [0.4, 0.5) is 24.5 Å². The Kier molecular flexibility index (Phi) is 6.34. The molecule has 0 atom stereocenters. The third-order valence-electron chi connectivity index (χ3n) is 5.01. The Labute approximate surface area is 173 Å². The first kappa shape index (κ1) is 21.7. The fraction of sp³-hybridized carbons (Fsp3) is 0.364. The van der Waals surface area contributed by atoms with E-state index < -0.39 is 11.7 Å². The number of nitrogens with one attached hydrogen (secondary N) is 1. The average molecular weight is 419 g/mol. The van der Waals surface area contributed by atoms with Crippen LogP contribution >= 0.6 is 0 Å².